The zero-order chi connectivity index (χ0) is 20.5. The predicted octanol–water partition coefficient (Wildman–Crippen LogP) is 2.79. The van der Waals surface area contributed by atoms with Crippen molar-refractivity contribution in [3.8, 4) is 0 Å². The number of nitrogens with zero attached hydrogens (tertiary/aromatic N) is 3. The van der Waals surface area contributed by atoms with Crippen molar-refractivity contribution in [2.75, 3.05) is 29.0 Å². The Kier molecular flexibility index (Phi) is 5.10. The Morgan fingerprint density at radius 1 is 1.38 bits per heavy atom. The summed E-state index contributed by atoms with van der Waals surface area (Å²) in [5.41, 5.74) is 15.9. The topological polar surface area (TPSA) is 123 Å². The number of nitrogen functional groups attached to an aromatic ring is 1. The van der Waals surface area contributed by atoms with Crippen LogP contribution in [0, 0.1) is 5.92 Å². The Morgan fingerprint density at radius 3 is 2.97 bits per heavy atom. The summed E-state index contributed by atoms with van der Waals surface area (Å²) in [6.07, 6.45) is 6.90. The van der Waals surface area contributed by atoms with Gasteiger partial charge in [-0.15, -0.1) is 0 Å². The van der Waals surface area contributed by atoms with Gasteiger partial charge < -0.3 is 26.1 Å². The SMILES string of the molecule is CCc1cnc2c(C(=O)Nc3cnccc3N3CC(C)CC(N)C3)c(N)oc2c1. The van der Waals surface area contributed by atoms with Gasteiger partial charge in [-0.2, -0.15) is 0 Å². The zero-order valence-corrected chi connectivity index (χ0v) is 16.7. The molecule has 0 spiro atoms. The number of aromatic nitrogens is 2. The molecule has 0 aliphatic carbocycles. The predicted molar refractivity (Wildman–Crippen MR) is 114 cm³/mol. The molecule has 8 nitrogen and oxygen atoms in total. The average molecular weight is 394 g/mol. The molecular formula is C21H26N6O2. The van der Waals surface area contributed by atoms with E-state index in [1.807, 2.05) is 19.1 Å². The normalized spacial score (nSPS) is 19.5. The summed E-state index contributed by atoms with van der Waals surface area (Å²) in [5.74, 6) is 0.153. The number of hydrogen-bond donors (Lipinski definition) is 3. The van der Waals surface area contributed by atoms with E-state index in [4.69, 9.17) is 15.9 Å². The number of amides is 1. The second-order valence-electron chi connectivity index (χ2n) is 7.74. The quantitative estimate of drug-likeness (QED) is 0.621. The van der Waals surface area contributed by atoms with Crippen molar-refractivity contribution in [3.05, 3.63) is 41.9 Å². The van der Waals surface area contributed by atoms with Crippen molar-refractivity contribution in [1.82, 2.24) is 9.97 Å². The number of carbonyl (C=O) groups is 1. The van der Waals surface area contributed by atoms with Crippen molar-refractivity contribution in [2.24, 2.45) is 11.7 Å². The van der Waals surface area contributed by atoms with Crippen LogP contribution in [0.4, 0.5) is 17.3 Å². The van der Waals surface area contributed by atoms with Crippen LogP contribution < -0.4 is 21.7 Å². The smallest absolute Gasteiger partial charge is 0.263 e. The van der Waals surface area contributed by atoms with Gasteiger partial charge >= 0.3 is 0 Å². The van der Waals surface area contributed by atoms with E-state index in [0.717, 1.165) is 37.2 Å². The minimum absolute atomic E-state index is 0.0531. The highest BCUT2D eigenvalue weighted by atomic mass is 16.3. The molecule has 1 saturated heterocycles. The lowest BCUT2D eigenvalue weighted by Crippen LogP contribution is -2.46. The molecule has 3 aromatic heterocycles. The number of nitrogens with two attached hydrogens (primary N) is 2. The lowest BCUT2D eigenvalue weighted by molar-refractivity contribution is 0.102. The van der Waals surface area contributed by atoms with E-state index >= 15 is 0 Å². The Balaban J connectivity index is 1.65. The highest BCUT2D eigenvalue weighted by Gasteiger charge is 2.26. The summed E-state index contributed by atoms with van der Waals surface area (Å²) >= 11 is 0. The van der Waals surface area contributed by atoms with Gasteiger partial charge in [-0.1, -0.05) is 13.8 Å². The summed E-state index contributed by atoms with van der Waals surface area (Å²) in [5, 5.41) is 2.94. The minimum Gasteiger partial charge on any atom is -0.438 e. The van der Waals surface area contributed by atoms with Crippen LogP contribution in [0.2, 0.25) is 0 Å². The van der Waals surface area contributed by atoms with Crippen molar-refractivity contribution in [3.63, 3.8) is 0 Å². The molecular weight excluding hydrogens is 368 g/mol. The fraction of sp³-hybridized carbons (Fsp3) is 0.381. The van der Waals surface area contributed by atoms with Gasteiger partial charge in [-0.3, -0.25) is 14.8 Å². The van der Waals surface area contributed by atoms with Crippen LogP contribution in [0.15, 0.2) is 35.1 Å². The molecule has 0 aromatic carbocycles. The molecule has 0 saturated carbocycles. The number of fused-ring (bicyclic) bond motifs is 1. The summed E-state index contributed by atoms with van der Waals surface area (Å²) in [6, 6.07) is 3.85. The minimum atomic E-state index is -0.374. The van der Waals surface area contributed by atoms with Gasteiger partial charge in [0.1, 0.15) is 11.1 Å². The Morgan fingerprint density at radius 2 is 2.21 bits per heavy atom. The molecule has 5 N–H and O–H groups in total. The van der Waals surface area contributed by atoms with Crippen molar-refractivity contribution >= 4 is 34.3 Å². The van der Waals surface area contributed by atoms with E-state index in [0.29, 0.717) is 22.7 Å². The van der Waals surface area contributed by atoms with E-state index in [9.17, 15) is 4.79 Å². The first-order chi connectivity index (χ1) is 14.0. The number of furan rings is 1. The van der Waals surface area contributed by atoms with Gasteiger partial charge in [0.15, 0.2) is 5.58 Å². The number of anilines is 3. The number of carbonyl (C=O) groups excluding carboxylic acids is 1. The molecule has 8 heteroatoms. The van der Waals surface area contributed by atoms with E-state index in [1.54, 1.807) is 18.6 Å². The molecule has 1 aliphatic rings. The molecule has 3 aromatic rings. The third-order valence-corrected chi connectivity index (χ3v) is 5.33. The highest BCUT2D eigenvalue weighted by molar-refractivity contribution is 6.15. The molecule has 0 bridgehead atoms. The largest absolute Gasteiger partial charge is 0.438 e. The number of pyridine rings is 2. The van der Waals surface area contributed by atoms with Gasteiger partial charge in [0.25, 0.3) is 5.91 Å². The summed E-state index contributed by atoms with van der Waals surface area (Å²) in [6.45, 7) is 5.81. The van der Waals surface area contributed by atoms with Gasteiger partial charge in [0.05, 0.1) is 17.6 Å². The first kappa shape index (κ1) is 19.2. The second-order valence-corrected chi connectivity index (χ2v) is 7.74. The average Bonchev–Trinajstić information content (AvgIpc) is 3.02. The molecule has 2 unspecified atom stereocenters. The van der Waals surface area contributed by atoms with Gasteiger partial charge in [0.2, 0.25) is 5.88 Å². The lowest BCUT2D eigenvalue weighted by atomic mass is 9.96. The van der Waals surface area contributed by atoms with Crippen LogP contribution >= 0.6 is 0 Å². The van der Waals surface area contributed by atoms with Crippen LogP contribution in [0.25, 0.3) is 11.1 Å². The molecule has 0 radical (unpaired) electrons. The monoisotopic (exact) mass is 394 g/mol. The van der Waals surface area contributed by atoms with Crippen LogP contribution in [-0.2, 0) is 6.42 Å². The number of rotatable bonds is 4. The maximum atomic E-state index is 13.1. The van der Waals surface area contributed by atoms with Crippen LogP contribution in [0.1, 0.15) is 36.2 Å². The zero-order valence-electron chi connectivity index (χ0n) is 16.7. The maximum Gasteiger partial charge on any atom is 0.263 e. The standard InChI is InChI=1S/C21H26N6O2/c1-3-13-7-17-19(25-8-13)18(20(23)29-17)21(28)26-15-9-24-5-4-16(15)27-10-12(2)6-14(22)11-27/h4-5,7-9,12,14H,3,6,10-11,22-23H2,1-2H3,(H,26,28). The van der Waals surface area contributed by atoms with Gasteiger partial charge in [-0.25, -0.2) is 0 Å². The molecule has 1 fully saturated rings. The second kappa shape index (κ2) is 7.71. The van der Waals surface area contributed by atoms with Gasteiger partial charge in [-0.05, 0) is 36.5 Å². The van der Waals surface area contributed by atoms with Crippen LogP contribution in [0.5, 0.6) is 0 Å². The summed E-state index contributed by atoms with van der Waals surface area (Å²) < 4.78 is 5.59. The number of aryl methyl sites for hydroxylation is 1. The number of nitrogens with one attached hydrogen (secondary N) is 1. The van der Waals surface area contributed by atoms with Crippen LogP contribution in [-0.4, -0.2) is 35.0 Å². The number of hydrogen-bond acceptors (Lipinski definition) is 7. The molecule has 4 rings (SSSR count). The van der Waals surface area contributed by atoms with Crippen molar-refractivity contribution < 1.29 is 9.21 Å². The van der Waals surface area contributed by atoms with Gasteiger partial charge in [0, 0.05) is 31.5 Å². The van der Waals surface area contributed by atoms with Crippen molar-refractivity contribution in [1.29, 1.82) is 0 Å². The van der Waals surface area contributed by atoms with Crippen LogP contribution in [0.3, 0.4) is 0 Å². The fourth-order valence-electron chi connectivity index (χ4n) is 3.99. The molecule has 4 heterocycles. The highest BCUT2D eigenvalue weighted by Crippen LogP contribution is 2.31. The molecule has 29 heavy (non-hydrogen) atoms. The van der Waals surface area contributed by atoms with E-state index < -0.39 is 0 Å². The maximum absolute atomic E-state index is 13.1. The summed E-state index contributed by atoms with van der Waals surface area (Å²) in [7, 11) is 0. The molecule has 1 amide bonds. The first-order valence-electron chi connectivity index (χ1n) is 9.89. The number of piperidine rings is 1. The van der Waals surface area contributed by atoms with Crippen molar-refractivity contribution in [2.45, 2.75) is 32.7 Å². The molecule has 2 atom stereocenters. The first-order valence-corrected chi connectivity index (χ1v) is 9.89. The fourth-order valence-corrected chi connectivity index (χ4v) is 3.99. The van der Waals surface area contributed by atoms with E-state index in [-0.39, 0.29) is 23.4 Å². The summed E-state index contributed by atoms with van der Waals surface area (Å²) in [4.78, 5) is 23.8. The third-order valence-electron chi connectivity index (χ3n) is 5.33. The Labute approximate surface area is 169 Å². The lowest BCUT2D eigenvalue weighted by Gasteiger charge is -2.37. The molecule has 1 aliphatic heterocycles. The van der Waals surface area contributed by atoms with E-state index in [2.05, 4.69) is 27.1 Å². The third kappa shape index (κ3) is 3.75. The Bertz CT molecular complexity index is 1040. The Hall–Kier alpha value is -3.13. The van der Waals surface area contributed by atoms with E-state index in [1.165, 1.54) is 0 Å². The molecule has 152 valence electrons.